The quantitative estimate of drug-likeness (QED) is 0.799. The molecule has 15 heavy (non-hydrogen) atoms. The van der Waals surface area contributed by atoms with E-state index in [1.165, 1.54) is 0 Å². The van der Waals surface area contributed by atoms with E-state index in [0.717, 1.165) is 5.56 Å². The molecule has 0 fully saturated rings. The number of hydrogen-bond donors (Lipinski definition) is 1. The summed E-state index contributed by atoms with van der Waals surface area (Å²) in [6.07, 6.45) is 0. The zero-order chi connectivity index (χ0) is 10.9. The summed E-state index contributed by atoms with van der Waals surface area (Å²) < 4.78 is 0. The average molecular weight is 269 g/mol. The highest BCUT2D eigenvalue weighted by molar-refractivity contribution is 6.33. The highest BCUT2D eigenvalue weighted by atomic mass is 35.5. The molecule has 4 heteroatoms. The lowest BCUT2D eigenvalue weighted by Crippen LogP contribution is -2.26. The van der Waals surface area contributed by atoms with Crippen LogP contribution in [0.3, 0.4) is 0 Å². The van der Waals surface area contributed by atoms with Gasteiger partial charge in [-0.25, -0.2) is 0 Å². The third kappa shape index (κ3) is 3.84. The number of halogens is 3. The van der Waals surface area contributed by atoms with Gasteiger partial charge in [0.1, 0.15) is 0 Å². The normalized spacial score (nSPS) is 13.2. The van der Waals surface area contributed by atoms with Crippen LogP contribution in [0.2, 0.25) is 10.0 Å². The van der Waals surface area contributed by atoms with E-state index < -0.39 is 0 Å². The predicted octanol–water partition coefficient (Wildman–Crippen LogP) is 4.46. The van der Waals surface area contributed by atoms with Gasteiger partial charge < -0.3 is 5.73 Å². The zero-order valence-electron chi connectivity index (χ0n) is 9.05. The molecule has 0 aliphatic rings. The Hall–Kier alpha value is 0.0500. The van der Waals surface area contributed by atoms with Crippen LogP contribution in [0.4, 0.5) is 0 Å². The van der Waals surface area contributed by atoms with Crippen LogP contribution in [-0.2, 0) is 0 Å². The van der Waals surface area contributed by atoms with Crippen LogP contribution in [-0.4, -0.2) is 0 Å². The Morgan fingerprint density at radius 1 is 1.20 bits per heavy atom. The van der Waals surface area contributed by atoms with E-state index in [9.17, 15) is 0 Å². The Bertz CT molecular complexity index is 331. The van der Waals surface area contributed by atoms with Crippen molar-refractivity contribution in [2.45, 2.75) is 26.8 Å². The molecule has 1 aromatic carbocycles. The Kier molecular flexibility index (Phi) is 5.42. The molecule has 0 saturated heterocycles. The van der Waals surface area contributed by atoms with Gasteiger partial charge in [0.2, 0.25) is 0 Å². The van der Waals surface area contributed by atoms with E-state index in [0.29, 0.717) is 10.0 Å². The van der Waals surface area contributed by atoms with Crippen LogP contribution in [0.15, 0.2) is 18.2 Å². The number of nitrogens with two attached hydrogens (primary N) is 1. The largest absolute Gasteiger partial charge is 0.323 e. The highest BCUT2D eigenvalue weighted by Gasteiger charge is 2.24. The van der Waals surface area contributed by atoms with Gasteiger partial charge in [0.25, 0.3) is 0 Å². The molecule has 86 valence electrons. The molecular formula is C11H16Cl3N. The van der Waals surface area contributed by atoms with E-state index in [1.807, 2.05) is 6.07 Å². The summed E-state index contributed by atoms with van der Waals surface area (Å²) >= 11 is 12.0. The standard InChI is InChI=1S/C11H15Cl2N.ClH/c1-11(2,3)10(14)8-6-7(12)4-5-9(8)13;/h4-6,10H,14H2,1-3H3;1H/t10-;/m1./s1. The summed E-state index contributed by atoms with van der Waals surface area (Å²) in [5.74, 6) is 0. The summed E-state index contributed by atoms with van der Waals surface area (Å²) in [7, 11) is 0. The summed E-state index contributed by atoms with van der Waals surface area (Å²) in [4.78, 5) is 0. The molecule has 0 aromatic heterocycles. The summed E-state index contributed by atoms with van der Waals surface area (Å²) in [6, 6.07) is 5.28. The average Bonchev–Trinajstić information content (AvgIpc) is 2.06. The molecule has 0 radical (unpaired) electrons. The monoisotopic (exact) mass is 267 g/mol. The van der Waals surface area contributed by atoms with Crippen molar-refractivity contribution >= 4 is 35.6 Å². The molecule has 0 saturated carbocycles. The number of benzene rings is 1. The van der Waals surface area contributed by atoms with Crippen molar-refractivity contribution in [3.05, 3.63) is 33.8 Å². The summed E-state index contributed by atoms with van der Waals surface area (Å²) in [6.45, 7) is 6.23. The highest BCUT2D eigenvalue weighted by Crippen LogP contribution is 2.35. The minimum Gasteiger partial charge on any atom is -0.323 e. The first-order valence-corrected chi connectivity index (χ1v) is 5.28. The van der Waals surface area contributed by atoms with Crippen LogP contribution >= 0.6 is 35.6 Å². The van der Waals surface area contributed by atoms with Gasteiger partial charge in [0.05, 0.1) is 0 Å². The summed E-state index contributed by atoms with van der Waals surface area (Å²) in [5, 5.41) is 1.35. The first-order valence-electron chi connectivity index (χ1n) is 4.53. The molecule has 0 aliphatic heterocycles. The van der Waals surface area contributed by atoms with Crippen LogP contribution in [0.25, 0.3) is 0 Å². The molecule has 0 spiro atoms. The fraction of sp³-hybridized carbons (Fsp3) is 0.455. The minimum absolute atomic E-state index is 0. The van der Waals surface area contributed by atoms with Crippen LogP contribution in [0.1, 0.15) is 32.4 Å². The second kappa shape index (κ2) is 5.40. The Morgan fingerprint density at radius 3 is 2.20 bits per heavy atom. The van der Waals surface area contributed by atoms with Crippen LogP contribution < -0.4 is 5.73 Å². The molecule has 1 atom stereocenters. The molecule has 2 N–H and O–H groups in total. The van der Waals surface area contributed by atoms with E-state index in [4.69, 9.17) is 28.9 Å². The zero-order valence-corrected chi connectivity index (χ0v) is 11.4. The Morgan fingerprint density at radius 2 is 1.73 bits per heavy atom. The van der Waals surface area contributed by atoms with Gasteiger partial charge in [-0.1, -0.05) is 44.0 Å². The first kappa shape index (κ1) is 15.0. The molecule has 0 unspecified atom stereocenters. The smallest absolute Gasteiger partial charge is 0.0454 e. The Labute approximate surface area is 107 Å². The van der Waals surface area contributed by atoms with Crippen molar-refractivity contribution in [3.63, 3.8) is 0 Å². The lowest BCUT2D eigenvalue weighted by molar-refractivity contribution is 0.327. The van der Waals surface area contributed by atoms with Gasteiger partial charge in [-0.15, -0.1) is 12.4 Å². The molecule has 0 aliphatic carbocycles. The van der Waals surface area contributed by atoms with Crippen molar-refractivity contribution in [1.82, 2.24) is 0 Å². The minimum atomic E-state index is -0.103. The van der Waals surface area contributed by atoms with Gasteiger partial charge in [-0.3, -0.25) is 0 Å². The molecule has 0 amide bonds. The third-order valence-corrected chi connectivity index (χ3v) is 2.81. The molecule has 0 bridgehead atoms. The first-order chi connectivity index (χ1) is 6.32. The van der Waals surface area contributed by atoms with Crippen LogP contribution in [0.5, 0.6) is 0 Å². The van der Waals surface area contributed by atoms with Gasteiger partial charge >= 0.3 is 0 Å². The van der Waals surface area contributed by atoms with Crippen LogP contribution in [0, 0.1) is 5.41 Å². The molecule has 1 aromatic rings. The SMILES string of the molecule is CC(C)(C)[C@H](N)c1cc(Cl)ccc1Cl.Cl. The fourth-order valence-corrected chi connectivity index (χ4v) is 1.64. The van der Waals surface area contributed by atoms with Crippen molar-refractivity contribution in [2.75, 3.05) is 0 Å². The molecule has 1 nitrogen and oxygen atoms in total. The second-order valence-corrected chi connectivity index (χ2v) is 5.35. The lowest BCUT2D eigenvalue weighted by atomic mass is 9.83. The lowest BCUT2D eigenvalue weighted by Gasteiger charge is -2.28. The maximum Gasteiger partial charge on any atom is 0.0454 e. The Balaban J connectivity index is 0.00000196. The van der Waals surface area contributed by atoms with Gasteiger partial charge in [-0.05, 0) is 29.2 Å². The maximum atomic E-state index is 6.10. The molecule has 1 rings (SSSR count). The number of hydrogen-bond acceptors (Lipinski definition) is 1. The van der Waals surface area contributed by atoms with Crippen molar-refractivity contribution in [3.8, 4) is 0 Å². The van der Waals surface area contributed by atoms with E-state index in [1.54, 1.807) is 12.1 Å². The number of rotatable bonds is 1. The topological polar surface area (TPSA) is 26.0 Å². The maximum absolute atomic E-state index is 6.10. The van der Waals surface area contributed by atoms with E-state index in [-0.39, 0.29) is 23.9 Å². The van der Waals surface area contributed by atoms with Crippen molar-refractivity contribution in [2.24, 2.45) is 11.1 Å². The third-order valence-electron chi connectivity index (χ3n) is 2.23. The van der Waals surface area contributed by atoms with E-state index >= 15 is 0 Å². The van der Waals surface area contributed by atoms with Gasteiger partial charge in [0, 0.05) is 16.1 Å². The summed E-state index contributed by atoms with van der Waals surface area (Å²) in [5.41, 5.74) is 6.99. The predicted molar refractivity (Wildman–Crippen MR) is 70.1 cm³/mol. The van der Waals surface area contributed by atoms with Gasteiger partial charge in [0.15, 0.2) is 0 Å². The van der Waals surface area contributed by atoms with Gasteiger partial charge in [-0.2, -0.15) is 0 Å². The van der Waals surface area contributed by atoms with E-state index in [2.05, 4.69) is 20.8 Å². The molecule has 0 heterocycles. The fourth-order valence-electron chi connectivity index (χ4n) is 1.22. The molecular weight excluding hydrogens is 252 g/mol. The second-order valence-electron chi connectivity index (χ2n) is 4.51. The van der Waals surface area contributed by atoms with Crippen molar-refractivity contribution in [1.29, 1.82) is 0 Å². The van der Waals surface area contributed by atoms with Crippen molar-refractivity contribution < 1.29 is 0 Å².